The number of rotatable bonds is 9. The standard InChI is InChI=1S/C21H21ClN6O4S/c1-13-11-14(28(31)32)7-8-16(13)23-20(30)12-33-21-26-25-18(27(21)2)9-10-19(29)24-17-6-4-3-5-15(17)22/h3-8,11H,9-10,12H2,1-2H3,(H,23,30)(H,24,29). The quantitative estimate of drug-likeness (QED) is 0.264. The zero-order chi connectivity index (χ0) is 24.0. The van der Waals surface area contributed by atoms with E-state index in [-0.39, 0.29) is 29.7 Å². The van der Waals surface area contributed by atoms with Gasteiger partial charge in [-0.05, 0) is 30.7 Å². The van der Waals surface area contributed by atoms with E-state index in [0.29, 0.717) is 39.4 Å². The minimum atomic E-state index is -0.486. The Morgan fingerprint density at radius 2 is 1.85 bits per heavy atom. The fourth-order valence-electron chi connectivity index (χ4n) is 2.91. The maximum atomic E-state index is 12.3. The monoisotopic (exact) mass is 488 g/mol. The van der Waals surface area contributed by atoms with Crippen LogP contribution in [-0.2, 0) is 23.1 Å². The van der Waals surface area contributed by atoms with Crippen molar-refractivity contribution in [2.45, 2.75) is 24.9 Å². The molecule has 2 aromatic carbocycles. The summed E-state index contributed by atoms with van der Waals surface area (Å²) < 4.78 is 1.73. The first-order chi connectivity index (χ1) is 15.7. The third-order valence-electron chi connectivity index (χ3n) is 4.68. The number of carbonyl (C=O) groups is 2. The number of aromatic nitrogens is 3. The number of para-hydroxylation sites is 1. The summed E-state index contributed by atoms with van der Waals surface area (Å²) in [4.78, 5) is 34.9. The Morgan fingerprint density at radius 1 is 1.12 bits per heavy atom. The second kappa shape index (κ2) is 10.9. The molecule has 1 aromatic heterocycles. The van der Waals surface area contributed by atoms with E-state index in [1.54, 1.807) is 42.8 Å². The van der Waals surface area contributed by atoms with Gasteiger partial charge in [-0.3, -0.25) is 19.7 Å². The topological polar surface area (TPSA) is 132 Å². The van der Waals surface area contributed by atoms with E-state index in [1.807, 2.05) is 0 Å². The van der Waals surface area contributed by atoms with Gasteiger partial charge in [0.1, 0.15) is 5.82 Å². The minimum absolute atomic E-state index is 0.0352. The van der Waals surface area contributed by atoms with Crippen LogP contribution in [-0.4, -0.2) is 37.3 Å². The van der Waals surface area contributed by atoms with Gasteiger partial charge in [-0.2, -0.15) is 0 Å². The third kappa shape index (κ3) is 6.53. The molecule has 0 fully saturated rings. The molecule has 0 saturated heterocycles. The lowest BCUT2D eigenvalue weighted by molar-refractivity contribution is -0.384. The van der Waals surface area contributed by atoms with Gasteiger partial charge in [-0.25, -0.2) is 0 Å². The first kappa shape index (κ1) is 24.2. The van der Waals surface area contributed by atoms with Crippen LogP contribution in [0.2, 0.25) is 5.02 Å². The molecule has 2 amide bonds. The van der Waals surface area contributed by atoms with E-state index < -0.39 is 4.92 Å². The van der Waals surface area contributed by atoms with E-state index in [9.17, 15) is 19.7 Å². The average Bonchev–Trinajstić information content (AvgIpc) is 3.13. The molecule has 0 atom stereocenters. The lowest BCUT2D eigenvalue weighted by Gasteiger charge is -2.08. The summed E-state index contributed by atoms with van der Waals surface area (Å²) in [5.74, 6) is 0.215. The Kier molecular flexibility index (Phi) is 8.01. The van der Waals surface area contributed by atoms with Crippen LogP contribution in [0, 0.1) is 17.0 Å². The summed E-state index contributed by atoms with van der Waals surface area (Å²) in [6.45, 7) is 1.69. The van der Waals surface area contributed by atoms with Gasteiger partial charge in [-0.1, -0.05) is 35.5 Å². The first-order valence-corrected chi connectivity index (χ1v) is 11.2. The Balaban J connectivity index is 1.50. The number of aryl methyl sites for hydroxylation is 2. The molecule has 0 aliphatic carbocycles. The fourth-order valence-corrected chi connectivity index (χ4v) is 3.82. The fraction of sp³-hybridized carbons (Fsp3) is 0.238. The van der Waals surface area contributed by atoms with E-state index >= 15 is 0 Å². The Labute approximate surface area is 198 Å². The van der Waals surface area contributed by atoms with Gasteiger partial charge in [0, 0.05) is 37.7 Å². The summed E-state index contributed by atoms with van der Waals surface area (Å²) >= 11 is 7.25. The van der Waals surface area contributed by atoms with Crippen LogP contribution in [0.4, 0.5) is 17.1 Å². The number of hydrogen-bond donors (Lipinski definition) is 2. The molecule has 2 N–H and O–H groups in total. The molecular formula is C21H21ClN6O4S. The molecule has 12 heteroatoms. The van der Waals surface area contributed by atoms with Crippen LogP contribution in [0.5, 0.6) is 0 Å². The molecule has 10 nitrogen and oxygen atoms in total. The van der Waals surface area contributed by atoms with E-state index in [0.717, 1.165) is 0 Å². The number of benzene rings is 2. The number of nitro benzene ring substituents is 1. The van der Waals surface area contributed by atoms with Crippen molar-refractivity contribution in [3.63, 3.8) is 0 Å². The lowest BCUT2D eigenvalue weighted by atomic mass is 10.2. The molecule has 0 bridgehead atoms. The molecule has 1 heterocycles. The maximum Gasteiger partial charge on any atom is 0.269 e. The average molecular weight is 489 g/mol. The van der Waals surface area contributed by atoms with Gasteiger partial charge >= 0.3 is 0 Å². The number of carbonyl (C=O) groups excluding carboxylic acids is 2. The summed E-state index contributed by atoms with van der Waals surface area (Å²) in [5, 5.41) is 25.5. The number of nitrogens with zero attached hydrogens (tertiary/aromatic N) is 4. The molecule has 172 valence electrons. The van der Waals surface area contributed by atoms with Gasteiger partial charge in [0.2, 0.25) is 11.8 Å². The summed E-state index contributed by atoms with van der Waals surface area (Å²) in [6.07, 6.45) is 0.566. The van der Waals surface area contributed by atoms with Crippen molar-refractivity contribution in [1.29, 1.82) is 0 Å². The highest BCUT2D eigenvalue weighted by Gasteiger charge is 2.15. The molecule has 0 radical (unpaired) electrons. The molecule has 0 spiro atoms. The van der Waals surface area contributed by atoms with Gasteiger partial charge in [0.15, 0.2) is 5.16 Å². The number of amides is 2. The summed E-state index contributed by atoms with van der Waals surface area (Å²) in [7, 11) is 1.77. The highest BCUT2D eigenvalue weighted by Crippen LogP contribution is 2.23. The predicted octanol–water partition coefficient (Wildman–Crippen LogP) is 3.99. The van der Waals surface area contributed by atoms with Crippen LogP contribution in [0.15, 0.2) is 47.6 Å². The largest absolute Gasteiger partial charge is 0.325 e. The summed E-state index contributed by atoms with van der Waals surface area (Å²) in [6, 6.07) is 11.2. The SMILES string of the molecule is Cc1cc([N+](=O)[O-])ccc1NC(=O)CSc1nnc(CCC(=O)Nc2ccccc2Cl)n1C. The number of thioether (sulfide) groups is 1. The first-order valence-electron chi connectivity index (χ1n) is 9.85. The van der Waals surface area contributed by atoms with Crippen molar-refractivity contribution in [2.24, 2.45) is 7.05 Å². The molecule has 0 aliphatic heterocycles. The predicted molar refractivity (Wildman–Crippen MR) is 127 cm³/mol. The highest BCUT2D eigenvalue weighted by atomic mass is 35.5. The number of anilines is 2. The number of halogens is 1. The van der Waals surface area contributed by atoms with Crippen molar-refractivity contribution in [2.75, 3.05) is 16.4 Å². The molecule has 3 rings (SSSR count). The van der Waals surface area contributed by atoms with E-state index in [2.05, 4.69) is 20.8 Å². The van der Waals surface area contributed by atoms with Crippen LogP contribution in [0.3, 0.4) is 0 Å². The molecule has 0 aliphatic rings. The Hall–Kier alpha value is -3.44. The van der Waals surface area contributed by atoms with Crippen molar-refractivity contribution in [3.05, 3.63) is 69.0 Å². The normalized spacial score (nSPS) is 10.6. The Bertz CT molecular complexity index is 1200. The molecule has 0 unspecified atom stereocenters. The number of hydrogen-bond acceptors (Lipinski definition) is 7. The second-order valence-corrected chi connectivity index (χ2v) is 8.43. The summed E-state index contributed by atoms with van der Waals surface area (Å²) in [5.41, 5.74) is 1.62. The van der Waals surface area contributed by atoms with Crippen molar-refractivity contribution in [1.82, 2.24) is 14.8 Å². The number of nitro groups is 1. The van der Waals surface area contributed by atoms with Gasteiger partial charge in [0.25, 0.3) is 5.69 Å². The van der Waals surface area contributed by atoms with E-state index in [4.69, 9.17) is 11.6 Å². The lowest BCUT2D eigenvalue weighted by Crippen LogP contribution is -2.15. The van der Waals surface area contributed by atoms with Gasteiger partial charge < -0.3 is 15.2 Å². The van der Waals surface area contributed by atoms with E-state index in [1.165, 1.54) is 30.0 Å². The Morgan fingerprint density at radius 3 is 2.55 bits per heavy atom. The van der Waals surface area contributed by atoms with Crippen LogP contribution < -0.4 is 10.6 Å². The van der Waals surface area contributed by atoms with Crippen molar-refractivity contribution >= 4 is 52.2 Å². The second-order valence-electron chi connectivity index (χ2n) is 7.08. The highest BCUT2D eigenvalue weighted by molar-refractivity contribution is 7.99. The maximum absolute atomic E-state index is 12.3. The van der Waals surface area contributed by atoms with Crippen molar-refractivity contribution in [3.8, 4) is 0 Å². The molecule has 3 aromatic rings. The van der Waals surface area contributed by atoms with Gasteiger partial charge in [-0.15, -0.1) is 10.2 Å². The smallest absolute Gasteiger partial charge is 0.269 e. The van der Waals surface area contributed by atoms with Crippen molar-refractivity contribution < 1.29 is 14.5 Å². The number of non-ortho nitro benzene ring substituents is 1. The van der Waals surface area contributed by atoms with Crippen LogP contribution >= 0.6 is 23.4 Å². The van der Waals surface area contributed by atoms with Crippen LogP contribution in [0.1, 0.15) is 17.8 Å². The zero-order valence-corrected chi connectivity index (χ0v) is 19.4. The molecule has 33 heavy (non-hydrogen) atoms. The zero-order valence-electron chi connectivity index (χ0n) is 17.9. The molecule has 0 saturated carbocycles. The minimum Gasteiger partial charge on any atom is -0.325 e. The van der Waals surface area contributed by atoms with Crippen LogP contribution in [0.25, 0.3) is 0 Å². The third-order valence-corrected chi connectivity index (χ3v) is 6.03. The van der Waals surface area contributed by atoms with Gasteiger partial charge in [0.05, 0.1) is 21.4 Å². The number of nitrogens with one attached hydrogen (secondary N) is 2. The molecular weight excluding hydrogens is 468 g/mol.